The molecule has 3 aliphatic carbocycles. The Morgan fingerprint density at radius 3 is 2.48 bits per heavy atom. The van der Waals surface area contributed by atoms with Gasteiger partial charge in [-0.1, -0.05) is 52.3 Å². The van der Waals surface area contributed by atoms with Crippen LogP contribution in [0.5, 0.6) is 5.75 Å². The first-order valence-electron chi connectivity index (χ1n) is 20.3. The second-order valence-corrected chi connectivity index (χ2v) is 17.4. The number of para-hydroxylation sites is 1. The molecule has 9 atom stereocenters. The Morgan fingerprint density at radius 1 is 1.13 bits per heavy atom. The van der Waals surface area contributed by atoms with Gasteiger partial charge in [-0.2, -0.15) is 5.06 Å². The molecule has 7 rings (SSSR count). The van der Waals surface area contributed by atoms with Gasteiger partial charge in [-0.25, -0.2) is 0 Å². The van der Waals surface area contributed by atoms with E-state index in [2.05, 4.69) is 49.3 Å². The van der Waals surface area contributed by atoms with Gasteiger partial charge in [0.15, 0.2) is 0 Å². The molecular formula is C43H65N5O6. The van der Waals surface area contributed by atoms with Gasteiger partial charge in [0, 0.05) is 61.0 Å². The van der Waals surface area contributed by atoms with Gasteiger partial charge in [-0.15, -0.1) is 0 Å². The van der Waals surface area contributed by atoms with Crippen LogP contribution in [0.15, 0.2) is 36.4 Å². The van der Waals surface area contributed by atoms with E-state index in [1.807, 2.05) is 49.3 Å². The van der Waals surface area contributed by atoms with Crippen LogP contribution in [-0.4, -0.2) is 110 Å². The predicted octanol–water partition coefficient (Wildman–Crippen LogP) is 5.08. The lowest BCUT2D eigenvalue weighted by molar-refractivity contribution is -0.183. The quantitative estimate of drug-likeness (QED) is 0.197. The molecule has 0 aromatic heterocycles. The zero-order valence-electron chi connectivity index (χ0n) is 33.8. The van der Waals surface area contributed by atoms with Crippen LogP contribution in [0.4, 0.5) is 5.69 Å². The Hall–Kier alpha value is -3.22. The molecule has 2 saturated heterocycles. The first-order valence-corrected chi connectivity index (χ1v) is 20.3. The van der Waals surface area contributed by atoms with Gasteiger partial charge in [-0.3, -0.25) is 14.4 Å². The SMILES string of the molecule is CCC[C@@H](CN1CCCC1)NC(=O)c1cc(-c2cccc(CN3O[C@@H](CO)[C@@H]([C@H](C)O)[C@H]3C(=O)N[C@H]3C[C@H]4C[C@@H]([C@@H]3C)C4(C)C)c2OC)cc(N(C)C)c1. The monoisotopic (exact) mass is 747 g/mol. The van der Waals surface area contributed by atoms with Gasteiger partial charge < -0.3 is 35.4 Å². The summed E-state index contributed by atoms with van der Waals surface area (Å²) >= 11 is 0. The number of nitrogens with one attached hydrogen (secondary N) is 2. The average molecular weight is 748 g/mol. The lowest BCUT2D eigenvalue weighted by Crippen LogP contribution is -2.62. The fourth-order valence-corrected chi connectivity index (χ4v) is 10.1. The molecular weight excluding hydrogens is 683 g/mol. The van der Waals surface area contributed by atoms with Crippen molar-refractivity contribution in [3.05, 3.63) is 47.5 Å². The molecule has 2 aromatic carbocycles. The minimum Gasteiger partial charge on any atom is -0.496 e. The molecule has 0 spiro atoms. The number of carbonyl (C=O) groups is 2. The molecule has 0 unspecified atom stereocenters. The van der Waals surface area contributed by atoms with Crippen molar-refractivity contribution in [1.82, 2.24) is 20.6 Å². The van der Waals surface area contributed by atoms with E-state index in [1.165, 1.54) is 19.3 Å². The van der Waals surface area contributed by atoms with Crippen LogP contribution in [-0.2, 0) is 16.2 Å². The maximum Gasteiger partial charge on any atom is 0.251 e. The number of rotatable bonds is 15. The number of hydrogen-bond acceptors (Lipinski definition) is 9. The molecule has 3 saturated carbocycles. The van der Waals surface area contributed by atoms with Gasteiger partial charge >= 0.3 is 0 Å². The summed E-state index contributed by atoms with van der Waals surface area (Å²) in [5.74, 6) is 1.16. The Labute approximate surface area is 322 Å². The number of aliphatic hydroxyl groups is 2. The molecule has 5 aliphatic rings. The Morgan fingerprint density at radius 2 is 1.87 bits per heavy atom. The summed E-state index contributed by atoms with van der Waals surface area (Å²) < 4.78 is 6.11. The van der Waals surface area contributed by atoms with E-state index >= 15 is 0 Å². The third-order valence-electron chi connectivity index (χ3n) is 13.3. The van der Waals surface area contributed by atoms with Crippen LogP contribution in [0.2, 0.25) is 0 Å². The summed E-state index contributed by atoms with van der Waals surface area (Å²) in [4.78, 5) is 38.9. The highest BCUT2D eigenvalue weighted by molar-refractivity contribution is 5.97. The summed E-state index contributed by atoms with van der Waals surface area (Å²) in [6, 6.07) is 11.1. The highest BCUT2D eigenvalue weighted by Gasteiger charge is 2.57. The summed E-state index contributed by atoms with van der Waals surface area (Å²) in [5.41, 5.74) is 4.17. The Balaban J connectivity index is 1.27. The third kappa shape index (κ3) is 8.17. The molecule has 298 valence electrons. The van der Waals surface area contributed by atoms with Gasteiger partial charge in [-0.05, 0) is 99.0 Å². The Bertz CT molecular complexity index is 1630. The lowest BCUT2D eigenvalue weighted by atomic mass is 9.45. The minimum absolute atomic E-state index is 0.0460. The molecule has 2 aromatic rings. The number of amides is 2. The number of benzene rings is 2. The largest absolute Gasteiger partial charge is 0.496 e. The van der Waals surface area contributed by atoms with E-state index in [1.54, 1.807) is 19.1 Å². The lowest BCUT2D eigenvalue weighted by Gasteiger charge is -2.62. The van der Waals surface area contributed by atoms with Crippen molar-refractivity contribution in [1.29, 1.82) is 0 Å². The summed E-state index contributed by atoms with van der Waals surface area (Å²) in [6.07, 6.45) is 4.84. The van der Waals surface area contributed by atoms with Gasteiger partial charge in [0.25, 0.3) is 5.91 Å². The molecule has 2 bridgehead atoms. The van der Waals surface area contributed by atoms with Crippen molar-refractivity contribution in [2.45, 2.75) is 110 Å². The zero-order chi connectivity index (χ0) is 38.9. The maximum atomic E-state index is 14.3. The maximum absolute atomic E-state index is 14.3. The topological polar surface area (TPSA) is 127 Å². The predicted molar refractivity (Wildman–Crippen MR) is 212 cm³/mol. The Kier molecular flexibility index (Phi) is 12.6. The molecule has 11 nitrogen and oxygen atoms in total. The number of hydroxylamine groups is 2. The van der Waals surface area contributed by atoms with Gasteiger partial charge in [0.05, 0.1) is 26.4 Å². The molecule has 11 heteroatoms. The number of carbonyl (C=O) groups excluding carboxylic acids is 2. The van der Waals surface area contributed by atoms with E-state index in [-0.39, 0.29) is 42.5 Å². The van der Waals surface area contributed by atoms with Crippen LogP contribution < -0.4 is 20.3 Å². The van der Waals surface area contributed by atoms with Crippen LogP contribution in [0, 0.1) is 29.1 Å². The van der Waals surface area contributed by atoms with E-state index in [0.29, 0.717) is 29.1 Å². The number of likely N-dealkylation sites (tertiary alicyclic amines) is 1. The standard InChI is InChI=1S/C43H65N5O6/c1-9-13-32(24-47-16-10-11-17-47)44-41(51)30-18-29(19-33(20-30)46(6)7)34-15-12-14-28(40(34)53-8)23-48-39(38(27(3)50)37(25-49)54-48)42(52)45-36-22-31-21-35(26(36)2)43(31,4)5/h12,14-15,18-20,26-27,31-32,35-39,49-50H,9-11,13,16-17,21-25H2,1-8H3,(H,44,51)(H,45,52)/t26-,27-,31+,32-,35-,36-,37-,38+,39-/m0/s1. The number of ether oxygens (including phenoxy) is 1. The first kappa shape index (κ1) is 40.4. The van der Waals surface area contributed by atoms with E-state index in [9.17, 15) is 19.8 Å². The molecule has 0 radical (unpaired) electrons. The highest BCUT2D eigenvalue weighted by Crippen LogP contribution is 2.61. The average Bonchev–Trinajstić information content (AvgIpc) is 3.79. The van der Waals surface area contributed by atoms with Crippen LogP contribution in [0.1, 0.15) is 89.1 Å². The first-order chi connectivity index (χ1) is 25.8. The van der Waals surface area contributed by atoms with Crippen LogP contribution in [0.3, 0.4) is 0 Å². The molecule has 2 aliphatic heterocycles. The van der Waals surface area contributed by atoms with Crippen molar-refractivity contribution in [2.75, 3.05) is 52.3 Å². The molecule has 5 fully saturated rings. The summed E-state index contributed by atoms with van der Waals surface area (Å²) in [5, 5.41) is 29.7. The molecule has 54 heavy (non-hydrogen) atoms. The third-order valence-corrected chi connectivity index (χ3v) is 13.3. The number of anilines is 1. The smallest absolute Gasteiger partial charge is 0.251 e. The minimum atomic E-state index is -0.891. The second kappa shape index (κ2) is 16.9. The normalized spacial score (nSPS) is 29.0. The number of nitrogens with zero attached hydrogens (tertiary/aromatic N) is 3. The highest BCUT2D eigenvalue weighted by atomic mass is 16.7. The van der Waals surface area contributed by atoms with Crippen LogP contribution >= 0.6 is 0 Å². The van der Waals surface area contributed by atoms with Crippen LogP contribution in [0.25, 0.3) is 11.1 Å². The number of fused-ring (bicyclic) bond motifs is 2. The van der Waals surface area contributed by atoms with Crippen molar-refractivity contribution in [3.8, 4) is 16.9 Å². The van der Waals surface area contributed by atoms with Crippen molar-refractivity contribution in [2.24, 2.45) is 29.1 Å². The van der Waals surface area contributed by atoms with Crippen molar-refractivity contribution < 1.29 is 29.4 Å². The number of aliphatic hydroxyl groups excluding tert-OH is 2. The van der Waals surface area contributed by atoms with Gasteiger partial charge in [0.2, 0.25) is 5.91 Å². The van der Waals surface area contributed by atoms with E-state index in [4.69, 9.17) is 9.57 Å². The van der Waals surface area contributed by atoms with Crippen molar-refractivity contribution >= 4 is 17.5 Å². The fraction of sp³-hybridized carbons (Fsp3) is 0.674. The van der Waals surface area contributed by atoms with Gasteiger partial charge in [0.1, 0.15) is 17.9 Å². The van der Waals surface area contributed by atoms with Crippen molar-refractivity contribution in [3.63, 3.8) is 0 Å². The molecule has 2 amide bonds. The fourth-order valence-electron chi connectivity index (χ4n) is 10.1. The van der Waals surface area contributed by atoms with E-state index < -0.39 is 24.2 Å². The number of methoxy groups -OCH3 is 1. The second-order valence-electron chi connectivity index (χ2n) is 17.4. The molecule has 2 heterocycles. The number of hydrogen-bond donors (Lipinski definition) is 4. The van der Waals surface area contributed by atoms with E-state index in [0.717, 1.165) is 61.3 Å². The zero-order valence-corrected chi connectivity index (χ0v) is 33.8. The summed E-state index contributed by atoms with van der Waals surface area (Å²) in [6.45, 7) is 13.6. The molecule has 4 N–H and O–H groups in total. The summed E-state index contributed by atoms with van der Waals surface area (Å²) in [7, 11) is 5.55.